The van der Waals surface area contributed by atoms with Gasteiger partial charge >= 0.3 is 0 Å². The molecular weight excluding hydrogens is 222 g/mol. The normalized spacial score (nSPS) is 20.2. The lowest BCUT2D eigenvalue weighted by atomic mass is 9.94. The largest absolute Gasteiger partial charge is 0.496 e. The standard InChI is InChI=1S/C16H23NO/c1-11-9-16(18-3)12(2)8-15(11)13-6-4-5-7-14(17)10-13/h8-10,14H,4-7,17H2,1-3H3. The third-order valence-corrected chi connectivity index (χ3v) is 3.74. The molecule has 1 aromatic rings. The molecular formula is C16H23NO. The van der Waals surface area contributed by atoms with Crippen molar-refractivity contribution in [2.45, 2.75) is 45.6 Å². The van der Waals surface area contributed by atoms with Crippen LogP contribution in [0.2, 0.25) is 0 Å². The fraction of sp³-hybridized carbons (Fsp3) is 0.500. The molecule has 1 unspecified atom stereocenters. The zero-order chi connectivity index (χ0) is 13.1. The summed E-state index contributed by atoms with van der Waals surface area (Å²) in [7, 11) is 1.72. The number of rotatable bonds is 2. The van der Waals surface area contributed by atoms with Gasteiger partial charge in [0.2, 0.25) is 0 Å². The van der Waals surface area contributed by atoms with E-state index in [-0.39, 0.29) is 6.04 Å². The number of ether oxygens (including phenoxy) is 1. The first-order valence-corrected chi connectivity index (χ1v) is 6.73. The first-order valence-electron chi connectivity index (χ1n) is 6.73. The fourth-order valence-electron chi connectivity index (χ4n) is 2.70. The zero-order valence-corrected chi connectivity index (χ0v) is 11.6. The Kier molecular flexibility index (Phi) is 4.07. The van der Waals surface area contributed by atoms with E-state index in [0.29, 0.717) is 0 Å². The molecule has 2 heteroatoms. The number of hydrogen-bond donors (Lipinski definition) is 1. The Hall–Kier alpha value is -1.28. The molecule has 0 aromatic heterocycles. The minimum absolute atomic E-state index is 0.212. The molecule has 18 heavy (non-hydrogen) atoms. The summed E-state index contributed by atoms with van der Waals surface area (Å²) in [5.74, 6) is 0.967. The Labute approximate surface area is 110 Å². The van der Waals surface area contributed by atoms with Gasteiger partial charge in [-0.2, -0.15) is 0 Å². The fourth-order valence-corrected chi connectivity index (χ4v) is 2.70. The summed E-state index contributed by atoms with van der Waals surface area (Å²) >= 11 is 0. The number of hydrogen-bond acceptors (Lipinski definition) is 2. The smallest absolute Gasteiger partial charge is 0.122 e. The molecule has 98 valence electrons. The third-order valence-electron chi connectivity index (χ3n) is 3.74. The summed E-state index contributed by atoms with van der Waals surface area (Å²) in [5.41, 5.74) is 11.3. The van der Waals surface area contributed by atoms with Crippen molar-refractivity contribution in [1.82, 2.24) is 0 Å². The highest BCUT2D eigenvalue weighted by molar-refractivity contribution is 5.70. The van der Waals surface area contributed by atoms with E-state index in [1.54, 1.807) is 7.11 Å². The summed E-state index contributed by atoms with van der Waals surface area (Å²) in [5, 5.41) is 0. The molecule has 2 rings (SSSR count). The van der Waals surface area contributed by atoms with Crippen LogP contribution in [-0.4, -0.2) is 13.2 Å². The average molecular weight is 245 g/mol. The number of benzene rings is 1. The second-order valence-electron chi connectivity index (χ2n) is 5.24. The van der Waals surface area contributed by atoms with Crippen LogP contribution < -0.4 is 10.5 Å². The highest BCUT2D eigenvalue weighted by Crippen LogP contribution is 2.31. The van der Waals surface area contributed by atoms with Gasteiger partial charge in [0.15, 0.2) is 0 Å². The number of methoxy groups -OCH3 is 1. The Bertz CT molecular complexity index is 462. The summed E-state index contributed by atoms with van der Waals surface area (Å²) in [4.78, 5) is 0. The molecule has 1 aliphatic carbocycles. The van der Waals surface area contributed by atoms with Crippen molar-refractivity contribution in [2.24, 2.45) is 5.73 Å². The van der Waals surface area contributed by atoms with Crippen LogP contribution in [0.1, 0.15) is 42.4 Å². The van der Waals surface area contributed by atoms with Crippen LogP contribution in [0.15, 0.2) is 18.2 Å². The summed E-state index contributed by atoms with van der Waals surface area (Å²) in [6.07, 6.45) is 6.97. The molecule has 0 bridgehead atoms. The molecule has 0 radical (unpaired) electrons. The van der Waals surface area contributed by atoms with Gasteiger partial charge in [0.05, 0.1) is 7.11 Å². The SMILES string of the molecule is COc1cc(C)c(C2=CC(N)CCCC2)cc1C. The van der Waals surface area contributed by atoms with Gasteiger partial charge in [-0.1, -0.05) is 12.5 Å². The first kappa shape index (κ1) is 13.2. The van der Waals surface area contributed by atoms with Gasteiger partial charge in [0, 0.05) is 6.04 Å². The Morgan fingerprint density at radius 2 is 1.94 bits per heavy atom. The molecule has 0 fully saturated rings. The number of nitrogens with two attached hydrogens (primary N) is 1. The monoisotopic (exact) mass is 245 g/mol. The van der Waals surface area contributed by atoms with Crippen molar-refractivity contribution < 1.29 is 4.74 Å². The van der Waals surface area contributed by atoms with Crippen molar-refractivity contribution >= 4 is 5.57 Å². The molecule has 0 heterocycles. The first-order chi connectivity index (χ1) is 8.61. The Morgan fingerprint density at radius 3 is 2.67 bits per heavy atom. The van der Waals surface area contributed by atoms with Crippen LogP contribution in [0, 0.1) is 13.8 Å². The molecule has 0 amide bonds. The lowest BCUT2D eigenvalue weighted by molar-refractivity contribution is 0.411. The lowest BCUT2D eigenvalue weighted by Crippen LogP contribution is -2.15. The molecule has 1 atom stereocenters. The van der Waals surface area contributed by atoms with E-state index in [1.807, 2.05) is 0 Å². The predicted molar refractivity (Wildman–Crippen MR) is 76.9 cm³/mol. The second kappa shape index (κ2) is 5.57. The molecule has 0 saturated carbocycles. The third kappa shape index (κ3) is 2.75. The highest BCUT2D eigenvalue weighted by atomic mass is 16.5. The van der Waals surface area contributed by atoms with Gasteiger partial charge in [-0.3, -0.25) is 0 Å². The molecule has 0 saturated heterocycles. The molecule has 1 aromatic carbocycles. The van der Waals surface area contributed by atoms with Crippen LogP contribution in [0.4, 0.5) is 0 Å². The van der Waals surface area contributed by atoms with Crippen LogP contribution in [0.5, 0.6) is 5.75 Å². The molecule has 1 aliphatic rings. The molecule has 0 spiro atoms. The van der Waals surface area contributed by atoms with E-state index >= 15 is 0 Å². The predicted octanol–water partition coefficient (Wildman–Crippen LogP) is 3.60. The maximum Gasteiger partial charge on any atom is 0.122 e. The van der Waals surface area contributed by atoms with E-state index in [2.05, 4.69) is 32.1 Å². The van der Waals surface area contributed by atoms with Gasteiger partial charge < -0.3 is 10.5 Å². The van der Waals surface area contributed by atoms with Gasteiger partial charge in [0.1, 0.15) is 5.75 Å². The van der Waals surface area contributed by atoms with Crippen molar-refractivity contribution in [3.05, 3.63) is 34.9 Å². The summed E-state index contributed by atoms with van der Waals surface area (Å²) in [6.45, 7) is 4.24. The van der Waals surface area contributed by atoms with Crippen molar-refractivity contribution in [2.75, 3.05) is 7.11 Å². The van der Waals surface area contributed by atoms with Crippen molar-refractivity contribution in [3.8, 4) is 5.75 Å². The number of allylic oxidation sites excluding steroid dienone is 1. The zero-order valence-electron chi connectivity index (χ0n) is 11.6. The Morgan fingerprint density at radius 1 is 1.17 bits per heavy atom. The van der Waals surface area contributed by atoms with Crippen molar-refractivity contribution in [1.29, 1.82) is 0 Å². The summed E-state index contributed by atoms with van der Waals surface area (Å²) in [6, 6.07) is 4.57. The van der Waals surface area contributed by atoms with Crippen LogP contribution in [0.3, 0.4) is 0 Å². The van der Waals surface area contributed by atoms with E-state index in [9.17, 15) is 0 Å². The van der Waals surface area contributed by atoms with E-state index in [0.717, 1.165) is 18.6 Å². The summed E-state index contributed by atoms with van der Waals surface area (Å²) < 4.78 is 5.37. The van der Waals surface area contributed by atoms with E-state index in [1.165, 1.54) is 35.1 Å². The Balaban J connectivity index is 2.41. The highest BCUT2D eigenvalue weighted by Gasteiger charge is 2.13. The van der Waals surface area contributed by atoms with Gasteiger partial charge in [-0.15, -0.1) is 0 Å². The van der Waals surface area contributed by atoms with Crippen LogP contribution in [-0.2, 0) is 0 Å². The maximum atomic E-state index is 6.11. The maximum absolute atomic E-state index is 6.11. The molecule has 2 nitrogen and oxygen atoms in total. The topological polar surface area (TPSA) is 35.2 Å². The minimum Gasteiger partial charge on any atom is -0.496 e. The number of aryl methyl sites for hydroxylation is 2. The van der Waals surface area contributed by atoms with Crippen LogP contribution in [0.25, 0.3) is 5.57 Å². The van der Waals surface area contributed by atoms with E-state index < -0.39 is 0 Å². The van der Waals surface area contributed by atoms with Gasteiger partial charge in [-0.05, 0) is 67.5 Å². The lowest BCUT2D eigenvalue weighted by Gasteiger charge is -2.14. The van der Waals surface area contributed by atoms with Crippen LogP contribution >= 0.6 is 0 Å². The van der Waals surface area contributed by atoms with Gasteiger partial charge in [0.25, 0.3) is 0 Å². The second-order valence-corrected chi connectivity index (χ2v) is 5.24. The quantitative estimate of drug-likeness (QED) is 0.864. The minimum atomic E-state index is 0.212. The van der Waals surface area contributed by atoms with E-state index in [4.69, 9.17) is 10.5 Å². The molecule has 2 N–H and O–H groups in total. The average Bonchev–Trinajstić information content (AvgIpc) is 2.56. The molecule has 0 aliphatic heterocycles. The van der Waals surface area contributed by atoms with Gasteiger partial charge in [-0.25, -0.2) is 0 Å². The van der Waals surface area contributed by atoms with Crippen molar-refractivity contribution in [3.63, 3.8) is 0 Å².